The fourth-order valence-corrected chi connectivity index (χ4v) is 4.30. The topological polar surface area (TPSA) is 69.6 Å². The molecule has 1 saturated heterocycles. The number of carbonyl (C=O) groups is 2. The summed E-state index contributed by atoms with van der Waals surface area (Å²) >= 11 is 12.4. The highest BCUT2D eigenvalue weighted by molar-refractivity contribution is 8.26. The van der Waals surface area contributed by atoms with E-state index in [0.29, 0.717) is 32.8 Å². The number of amides is 2. The molecular weight excluding hydrogens is 428 g/mol. The van der Waals surface area contributed by atoms with E-state index in [2.05, 4.69) is 5.32 Å². The van der Waals surface area contributed by atoms with E-state index in [1.807, 2.05) is 31.2 Å². The number of benzene rings is 2. The van der Waals surface area contributed by atoms with Crippen molar-refractivity contribution in [3.05, 3.63) is 63.5 Å². The minimum absolute atomic E-state index is 0.0347. The highest BCUT2D eigenvalue weighted by atomic mass is 35.5. The summed E-state index contributed by atoms with van der Waals surface area (Å²) in [6.45, 7) is 2.31. The van der Waals surface area contributed by atoms with Gasteiger partial charge in [-0.2, -0.15) is 0 Å². The van der Waals surface area contributed by atoms with Crippen molar-refractivity contribution in [3.63, 3.8) is 0 Å². The molecule has 0 unspecified atom stereocenters. The van der Waals surface area contributed by atoms with Crippen molar-refractivity contribution >= 4 is 63.5 Å². The van der Waals surface area contributed by atoms with E-state index in [0.717, 1.165) is 11.3 Å². The van der Waals surface area contributed by atoms with Crippen LogP contribution in [0.4, 0.5) is 5.69 Å². The van der Waals surface area contributed by atoms with Crippen LogP contribution in [0.15, 0.2) is 47.4 Å². The van der Waals surface area contributed by atoms with Crippen LogP contribution < -0.4 is 5.32 Å². The maximum Gasteiger partial charge on any atom is 0.266 e. The molecule has 1 heterocycles. The summed E-state index contributed by atoms with van der Waals surface area (Å²) < 4.78 is 0.432. The normalized spacial score (nSPS) is 15.2. The third kappa shape index (κ3) is 5.59. The largest absolute Gasteiger partial charge is 0.507 e. The highest BCUT2D eigenvalue weighted by Gasteiger charge is 2.31. The zero-order chi connectivity index (χ0) is 21.0. The van der Waals surface area contributed by atoms with Gasteiger partial charge in [0.2, 0.25) is 5.91 Å². The average molecular weight is 447 g/mol. The van der Waals surface area contributed by atoms with Crippen LogP contribution in [0.2, 0.25) is 5.02 Å². The van der Waals surface area contributed by atoms with Crippen molar-refractivity contribution in [1.82, 2.24) is 4.90 Å². The second-order valence-electron chi connectivity index (χ2n) is 6.56. The van der Waals surface area contributed by atoms with Crippen LogP contribution in [0.1, 0.15) is 24.0 Å². The molecule has 29 heavy (non-hydrogen) atoms. The van der Waals surface area contributed by atoms with Crippen LogP contribution in [-0.2, 0) is 9.59 Å². The third-order valence-corrected chi connectivity index (χ3v) is 5.85. The lowest BCUT2D eigenvalue weighted by molar-refractivity contribution is -0.122. The molecule has 1 aliphatic heterocycles. The number of aromatic hydroxyl groups is 1. The Labute approximate surface area is 183 Å². The van der Waals surface area contributed by atoms with Gasteiger partial charge in [0.15, 0.2) is 0 Å². The number of nitrogens with one attached hydrogen (secondary N) is 1. The molecule has 3 rings (SSSR count). The number of phenolic OH excluding ortho intramolecular Hbond substituents is 1. The van der Waals surface area contributed by atoms with Crippen molar-refractivity contribution in [2.45, 2.75) is 19.8 Å². The molecule has 0 aromatic heterocycles. The van der Waals surface area contributed by atoms with Crippen LogP contribution in [0.3, 0.4) is 0 Å². The Morgan fingerprint density at radius 3 is 2.86 bits per heavy atom. The zero-order valence-corrected chi connectivity index (χ0v) is 18.0. The van der Waals surface area contributed by atoms with Crippen LogP contribution in [-0.4, -0.2) is 32.7 Å². The van der Waals surface area contributed by atoms with Crippen molar-refractivity contribution < 1.29 is 14.7 Å². The van der Waals surface area contributed by atoms with Gasteiger partial charge in [-0.3, -0.25) is 14.5 Å². The Bertz CT molecular complexity index is 1010. The first-order chi connectivity index (χ1) is 13.8. The molecule has 5 nitrogen and oxygen atoms in total. The lowest BCUT2D eigenvalue weighted by Crippen LogP contribution is -2.29. The van der Waals surface area contributed by atoms with Crippen molar-refractivity contribution in [1.29, 1.82) is 0 Å². The Hall–Kier alpha value is -2.35. The van der Waals surface area contributed by atoms with Gasteiger partial charge in [-0.15, -0.1) is 0 Å². The van der Waals surface area contributed by atoms with Crippen LogP contribution in [0.5, 0.6) is 5.75 Å². The maximum absolute atomic E-state index is 12.7. The number of phenols is 1. The minimum Gasteiger partial charge on any atom is -0.507 e. The molecule has 2 N–H and O–H groups in total. The van der Waals surface area contributed by atoms with Gasteiger partial charge in [-0.1, -0.05) is 47.7 Å². The number of aryl methyl sites for hydroxylation is 1. The van der Waals surface area contributed by atoms with Crippen LogP contribution in [0, 0.1) is 6.92 Å². The predicted molar refractivity (Wildman–Crippen MR) is 122 cm³/mol. The van der Waals surface area contributed by atoms with E-state index >= 15 is 0 Å². The molecule has 0 atom stereocenters. The molecule has 0 saturated carbocycles. The number of thioether (sulfide) groups is 1. The van der Waals surface area contributed by atoms with Gasteiger partial charge in [-0.25, -0.2) is 0 Å². The Morgan fingerprint density at radius 2 is 2.10 bits per heavy atom. The van der Waals surface area contributed by atoms with Gasteiger partial charge < -0.3 is 10.4 Å². The molecule has 0 spiro atoms. The molecule has 2 aromatic carbocycles. The molecule has 8 heteroatoms. The summed E-state index contributed by atoms with van der Waals surface area (Å²) in [6.07, 6.45) is 2.34. The Morgan fingerprint density at radius 1 is 1.31 bits per heavy atom. The van der Waals surface area contributed by atoms with Gasteiger partial charge in [0, 0.05) is 29.2 Å². The van der Waals surface area contributed by atoms with Crippen molar-refractivity contribution in [3.8, 4) is 5.75 Å². The van der Waals surface area contributed by atoms with E-state index < -0.39 is 0 Å². The molecule has 0 radical (unpaired) electrons. The summed E-state index contributed by atoms with van der Waals surface area (Å²) in [6, 6.07) is 12.2. The fraction of sp³-hybridized carbons (Fsp3) is 0.190. The molecule has 1 fully saturated rings. The summed E-state index contributed by atoms with van der Waals surface area (Å²) in [5.74, 6) is -0.314. The third-order valence-electron chi connectivity index (χ3n) is 4.24. The minimum atomic E-state index is -0.238. The monoisotopic (exact) mass is 446 g/mol. The predicted octanol–water partition coefficient (Wildman–Crippen LogP) is 4.97. The second-order valence-corrected chi connectivity index (χ2v) is 8.67. The van der Waals surface area contributed by atoms with E-state index in [1.165, 1.54) is 22.7 Å². The standard InChI is InChI=1S/C21H19ClN2O3S2/c1-13-4-2-5-16(10-13)23-19(26)6-3-9-24-20(27)18(29-21(24)28)12-14-11-15(22)7-8-17(14)25/h2,4-5,7-8,10-12,25H,3,6,9H2,1H3,(H,23,26)/b18-12-. The van der Waals surface area contributed by atoms with Gasteiger partial charge in [0.05, 0.1) is 4.91 Å². The molecule has 2 amide bonds. The second kappa shape index (κ2) is 9.43. The lowest BCUT2D eigenvalue weighted by atomic mass is 10.2. The highest BCUT2D eigenvalue weighted by Crippen LogP contribution is 2.34. The molecule has 1 aliphatic rings. The lowest BCUT2D eigenvalue weighted by Gasteiger charge is -2.14. The molecular formula is C21H19ClN2O3S2. The van der Waals surface area contributed by atoms with Gasteiger partial charge in [0.1, 0.15) is 10.1 Å². The van der Waals surface area contributed by atoms with Gasteiger partial charge >= 0.3 is 0 Å². The molecule has 0 aliphatic carbocycles. The summed E-state index contributed by atoms with van der Waals surface area (Å²) in [7, 11) is 0. The summed E-state index contributed by atoms with van der Waals surface area (Å²) in [4.78, 5) is 26.7. The molecule has 150 valence electrons. The van der Waals surface area contributed by atoms with E-state index in [4.69, 9.17) is 23.8 Å². The van der Waals surface area contributed by atoms with Crippen LogP contribution >= 0.6 is 35.6 Å². The summed E-state index contributed by atoms with van der Waals surface area (Å²) in [5.41, 5.74) is 2.28. The van der Waals surface area contributed by atoms with Crippen molar-refractivity contribution in [2.24, 2.45) is 0 Å². The quantitative estimate of drug-likeness (QED) is 0.484. The first-order valence-corrected chi connectivity index (χ1v) is 10.5. The summed E-state index contributed by atoms with van der Waals surface area (Å²) in [5, 5.41) is 13.3. The molecule has 0 bridgehead atoms. The Kier molecular flexibility index (Phi) is 6.95. The first kappa shape index (κ1) is 21.4. The number of hydrogen-bond donors (Lipinski definition) is 2. The van der Waals surface area contributed by atoms with E-state index in [9.17, 15) is 14.7 Å². The maximum atomic E-state index is 12.7. The first-order valence-electron chi connectivity index (χ1n) is 8.94. The smallest absolute Gasteiger partial charge is 0.266 e. The van der Waals surface area contributed by atoms with Gasteiger partial charge in [-0.05, 0) is 55.3 Å². The fourth-order valence-electron chi connectivity index (χ4n) is 2.82. The number of hydrogen-bond acceptors (Lipinski definition) is 5. The number of anilines is 1. The van der Waals surface area contributed by atoms with E-state index in [1.54, 1.807) is 18.2 Å². The van der Waals surface area contributed by atoms with Gasteiger partial charge in [0.25, 0.3) is 5.91 Å². The Balaban J connectivity index is 1.57. The number of carbonyl (C=O) groups excluding carboxylic acids is 2. The number of nitrogens with zero attached hydrogens (tertiary/aromatic N) is 1. The SMILES string of the molecule is Cc1cccc(NC(=O)CCCN2C(=O)/C(=C/c3cc(Cl)ccc3O)SC2=S)c1. The van der Waals surface area contributed by atoms with E-state index in [-0.39, 0.29) is 24.0 Å². The van der Waals surface area contributed by atoms with Crippen molar-refractivity contribution in [2.75, 3.05) is 11.9 Å². The average Bonchev–Trinajstić information content (AvgIpc) is 2.92. The number of rotatable bonds is 6. The zero-order valence-electron chi connectivity index (χ0n) is 15.6. The number of thiocarbonyl (C=S) groups is 1. The number of halogens is 1. The van der Waals surface area contributed by atoms with Crippen LogP contribution in [0.25, 0.3) is 6.08 Å². The molecule has 2 aromatic rings.